The number of aryl methyl sites for hydroxylation is 1. The lowest BCUT2D eigenvalue weighted by Gasteiger charge is -2.36. The van der Waals surface area contributed by atoms with Gasteiger partial charge in [0.25, 0.3) is 0 Å². The van der Waals surface area contributed by atoms with Gasteiger partial charge in [-0.25, -0.2) is 4.98 Å². The van der Waals surface area contributed by atoms with E-state index in [2.05, 4.69) is 32.0 Å². The number of guanidine groups is 1. The Morgan fingerprint density at radius 3 is 2.23 bits per heavy atom. The molecule has 1 N–H and O–H groups in total. The quantitative estimate of drug-likeness (QED) is 0.317. The van der Waals surface area contributed by atoms with E-state index in [4.69, 9.17) is 14.2 Å². The molecule has 0 spiro atoms. The molecule has 0 saturated carbocycles. The molecular formula is C21H32IN5O3S. The van der Waals surface area contributed by atoms with Crippen molar-refractivity contribution in [3.05, 3.63) is 33.8 Å². The van der Waals surface area contributed by atoms with E-state index in [1.807, 2.05) is 25.4 Å². The number of aromatic nitrogens is 1. The topological polar surface area (TPSA) is 71.5 Å². The summed E-state index contributed by atoms with van der Waals surface area (Å²) in [5, 5.41) is 4.51. The SMILES string of the molecule is CN=C(NCc1ncc(C)s1)N1CCN(Cc2cc(OC)c(OC)c(OC)c2)CC1.I. The zero-order chi connectivity index (χ0) is 21.5. The fourth-order valence-corrected chi connectivity index (χ4v) is 4.30. The van der Waals surface area contributed by atoms with Crippen molar-refractivity contribution in [3.8, 4) is 17.2 Å². The van der Waals surface area contributed by atoms with E-state index in [9.17, 15) is 0 Å². The van der Waals surface area contributed by atoms with Crippen LogP contribution in [0.25, 0.3) is 0 Å². The summed E-state index contributed by atoms with van der Waals surface area (Å²) in [4.78, 5) is 14.8. The molecule has 0 atom stereocenters. The summed E-state index contributed by atoms with van der Waals surface area (Å²) in [7, 11) is 6.74. The molecule has 1 aliphatic heterocycles. The maximum Gasteiger partial charge on any atom is 0.203 e. The lowest BCUT2D eigenvalue weighted by atomic mass is 10.1. The maximum absolute atomic E-state index is 5.48. The van der Waals surface area contributed by atoms with Gasteiger partial charge in [-0.05, 0) is 24.6 Å². The molecule has 8 nitrogen and oxygen atoms in total. The number of hydrogen-bond donors (Lipinski definition) is 1. The van der Waals surface area contributed by atoms with Crippen molar-refractivity contribution in [3.63, 3.8) is 0 Å². The predicted octanol–water partition coefficient (Wildman–Crippen LogP) is 2.99. The average Bonchev–Trinajstić information content (AvgIpc) is 3.19. The monoisotopic (exact) mass is 561 g/mol. The molecule has 1 saturated heterocycles. The summed E-state index contributed by atoms with van der Waals surface area (Å²) in [6.07, 6.45) is 1.91. The summed E-state index contributed by atoms with van der Waals surface area (Å²) in [5.41, 5.74) is 1.14. The predicted molar refractivity (Wildman–Crippen MR) is 135 cm³/mol. The fourth-order valence-electron chi connectivity index (χ4n) is 3.57. The largest absolute Gasteiger partial charge is 0.493 e. The number of methoxy groups -OCH3 is 3. The lowest BCUT2D eigenvalue weighted by molar-refractivity contribution is 0.172. The number of rotatable bonds is 7. The van der Waals surface area contributed by atoms with Gasteiger partial charge in [-0.1, -0.05) is 0 Å². The number of halogens is 1. The molecule has 0 bridgehead atoms. The summed E-state index contributed by atoms with van der Waals surface area (Å²) in [6, 6.07) is 4.04. The summed E-state index contributed by atoms with van der Waals surface area (Å²) in [6.45, 7) is 7.35. The van der Waals surface area contributed by atoms with Crippen molar-refractivity contribution in [1.29, 1.82) is 0 Å². The van der Waals surface area contributed by atoms with Crippen molar-refractivity contribution in [2.24, 2.45) is 4.99 Å². The second-order valence-electron chi connectivity index (χ2n) is 7.06. The van der Waals surface area contributed by atoms with Crippen LogP contribution in [0.3, 0.4) is 0 Å². The highest BCUT2D eigenvalue weighted by molar-refractivity contribution is 14.0. The highest BCUT2D eigenvalue weighted by Gasteiger charge is 2.21. The molecule has 1 aromatic carbocycles. The molecule has 2 aromatic rings. The first kappa shape index (κ1) is 25.5. The standard InChI is InChI=1S/C21H31N5O3S.HI/c1-15-12-23-19(30-15)13-24-21(22-2)26-8-6-25(7-9-26)14-16-10-17(27-3)20(29-5)18(11-16)28-4;/h10-12H,6-9,13-14H2,1-5H3,(H,22,24);1H. The van der Waals surface area contributed by atoms with E-state index >= 15 is 0 Å². The number of nitrogens with zero attached hydrogens (tertiary/aromatic N) is 4. The first-order valence-corrected chi connectivity index (χ1v) is 10.8. The summed E-state index contributed by atoms with van der Waals surface area (Å²) < 4.78 is 16.4. The van der Waals surface area contributed by atoms with Crippen LogP contribution in [0, 0.1) is 6.92 Å². The van der Waals surface area contributed by atoms with Crippen molar-refractivity contribution in [2.75, 3.05) is 54.6 Å². The van der Waals surface area contributed by atoms with Gasteiger partial charge >= 0.3 is 0 Å². The van der Waals surface area contributed by atoms with Crippen LogP contribution < -0.4 is 19.5 Å². The Labute approximate surface area is 205 Å². The third-order valence-electron chi connectivity index (χ3n) is 5.08. The van der Waals surface area contributed by atoms with Crippen LogP contribution in [0.1, 0.15) is 15.4 Å². The third kappa shape index (κ3) is 6.59. The number of ether oxygens (including phenoxy) is 3. The van der Waals surface area contributed by atoms with Crippen molar-refractivity contribution >= 4 is 41.3 Å². The Morgan fingerprint density at radius 2 is 1.74 bits per heavy atom. The normalized spacial score (nSPS) is 14.7. The van der Waals surface area contributed by atoms with Crippen LogP contribution in [0.2, 0.25) is 0 Å². The molecule has 0 unspecified atom stereocenters. The molecule has 1 fully saturated rings. The Morgan fingerprint density at radius 1 is 1.10 bits per heavy atom. The zero-order valence-corrected chi connectivity index (χ0v) is 22.0. The van der Waals surface area contributed by atoms with Crippen LogP contribution in [0.5, 0.6) is 17.2 Å². The van der Waals surface area contributed by atoms with E-state index in [-0.39, 0.29) is 24.0 Å². The minimum atomic E-state index is 0. The first-order chi connectivity index (χ1) is 14.6. The summed E-state index contributed by atoms with van der Waals surface area (Å²) in [5.74, 6) is 2.93. The van der Waals surface area contributed by atoms with Crippen molar-refractivity contribution in [1.82, 2.24) is 20.1 Å². The molecule has 0 radical (unpaired) electrons. The minimum Gasteiger partial charge on any atom is -0.493 e. The minimum absolute atomic E-state index is 0. The lowest BCUT2D eigenvalue weighted by Crippen LogP contribution is -2.52. The highest BCUT2D eigenvalue weighted by atomic mass is 127. The molecule has 10 heteroatoms. The number of thiazole rings is 1. The van der Waals surface area contributed by atoms with E-state index in [1.54, 1.807) is 32.7 Å². The van der Waals surface area contributed by atoms with Crippen LogP contribution in [-0.4, -0.2) is 75.3 Å². The van der Waals surface area contributed by atoms with Crippen LogP contribution in [0.15, 0.2) is 23.3 Å². The first-order valence-electron chi connectivity index (χ1n) is 9.96. The zero-order valence-electron chi connectivity index (χ0n) is 18.8. The smallest absolute Gasteiger partial charge is 0.203 e. The van der Waals surface area contributed by atoms with Gasteiger partial charge in [-0.2, -0.15) is 0 Å². The highest BCUT2D eigenvalue weighted by Crippen LogP contribution is 2.38. The summed E-state index contributed by atoms with van der Waals surface area (Å²) >= 11 is 1.71. The van der Waals surface area contributed by atoms with E-state index in [1.165, 1.54) is 4.88 Å². The molecule has 0 amide bonds. The van der Waals surface area contributed by atoms with Crippen LogP contribution in [0.4, 0.5) is 0 Å². The molecular weight excluding hydrogens is 529 g/mol. The van der Waals surface area contributed by atoms with Gasteiger partial charge in [0, 0.05) is 50.8 Å². The van der Waals surface area contributed by atoms with E-state index < -0.39 is 0 Å². The van der Waals surface area contributed by atoms with E-state index in [0.29, 0.717) is 23.8 Å². The van der Waals surface area contributed by atoms with Gasteiger partial charge in [-0.3, -0.25) is 9.89 Å². The Hall–Kier alpha value is -1.79. The molecule has 31 heavy (non-hydrogen) atoms. The third-order valence-corrected chi connectivity index (χ3v) is 5.99. The number of nitrogens with one attached hydrogen (secondary N) is 1. The average molecular weight is 561 g/mol. The molecule has 1 aromatic heterocycles. The number of aliphatic imine (C=N–C) groups is 1. The molecule has 2 heterocycles. The van der Waals surface area contributed by atoms with Gasteiger partial charge in [0.15, 0.2) is 17.5 Å². The van der Waals surface area contributed by atoms with Gasteiger partial charge in [0.05, 0.1) is 27.9 Å². The number of benzene rings is 1. The second kappa shape index (κ2) is 12.3. The van der Waals surface area contributed by atoms with Gasteiger partial charge in [0.2, 0.25) is 5.75 Å². The van der Waals surface area contributed by atoms with Crippen LogP contribution >= 0.6 is 35.3 Å². The van der Waals surface area contributed by atoms with Crippen molar-refractivity contribution in [2.45, 2.75) is 20.0 Å². The Bertz CT molecular complexity index is 843. The molecule has 1 aliphatic rings. The molecule has 0 aliphatic carbocycles. The number of piperazine rings is 1. The number of hydrogen-bond acceptors (Lipinski definition) is 7. The fraction of sp³-hybridized carbons (Fsp3) is 0.524. The Balaban J connectivity index is 0.00000341. The van der Waals surface area contributed by atoms with Gasteiger partial charge in [0.1, 0.15) is 5.01 Å². The van der Waals surface area contributed by atoms with Crippen LogP contribution in [-0.2, 0) is 13.1 Å². The molecule has 3 rings (SSSR count). The Kier molecular flexibility index (Phi) is 10.1. The van der Waals surface area contributed by atoms with Crippen molar-refractivity contribution < 1.29 is 14.2 Å². The maximum atomic E-state index is 5.48. The van der Waals surface area contributed by atoms with Gasteiger partial charge in [-0.15, -0.1) is 35.3 Å². The van der Waals surface area contributed by atoms with E-state index in [0.717, 1.165) is 49.3 Å². The molecule has 172 valence electrons. The van der Waals surface area contributed by atoms with Gasteiger partial charge < -0.3 is 24.4 Å². The second-order valence-corrected chi connectivity index (χ2v) is 8.38.